The molecule has 0 spiro atoms. The van der Waals surface area contributed by atoms with Gasteiger partial charge in [-0.05, 0) is 62.1 Å². The molecule has 0 radical (unpaired) electrons. The Balaban J connectivity index is 2.44. The minimum atomic E-state index is -0.537. The first-order valence-electron chi connectivity index (χ1n) is 8.37. The van der Waals surface area contributed by atoms with Gasteiger partial charge in [0, 0.05) is 10.9 Å². The lowest BCUT2D eigenvalue weighted by Gasteiger charge is -2.33. The molecular formula is C20H26O3. The number of aryl methyl sites for hydroxylation is 1. The lowest BCUT2D eigenvalue weighted by Crippen LogP contribution is -2.30. The highest BCUT2D eigenvalue weighted by atomic mass is 16.5. The summed E-state index contributed by atoms with van der Waals surface area (Å²) in [7, 11) is 0. The monoisotopic (exact) mass is 314 g/mol. The molecule has 3 nitrogen and oxygen atoms in total. The number of rotatable bonds is 1. The first-order chi connectivity index (χ1) is 10.7. The molecule has 3 heteroatoms. The topological polar surface area (TPSA) is 49.7 Å². The quantitative estimate of drug-likeness (QED) is 0.782. The van der Waals surface area contributed by atoms with Crippen LogP contribution in [0.25, 0.3) is 10.8 Å². The van der Waals surface area contributed by atoms with Crippen molar-refractivity contribution in [1.82, 2.24) is 0 Å². The van der Waals surface area contributed by atoms with E-state index in [-0.39, 0.29) is 11.7 Å². The van der Waals surface area contributed by atoms with E-state index in [2.05, 4.69) is 13.8 Å². The average molecular weight is 314 g/mol. The molecule has 0 fully saturated rings. The molecule has 0 saturated heterocycles. The maximum absolute atomic E-state index is 10.8. The van der Waals surface area contributed by atoms with Gasteiger partial charge in [0.15, 0.2) is 11.5 Å². The molecule has 0 bridgehead atoms. The van der Waals surface area contributed by atoms with E-state index in [9.17, 15) is 10.2 Å². The second-order valence-corrected chi connectivity index (χ2v) is 7.61. The van der Waals surface area contributed by atoms with Gasteiger partial charge in [-0.3, -0.25) is 0 Å². The normalized spacial score (nSPS) is 20.2. The van der Waals surface area contributed by atoms with Gasteiger partial charge in [-0.25, -0.2) is 0 Å². The third-order valence-corrected chi connectivity index (χ3v) is 4.88. The summed E-state index contributed by atoms with van der Waals surface area (Å²) in [6.45, 7) is 10.1. The van der Waals surface area contributed by atoms with Crippen molar-refractivity contribution in [2.75, 3.05) is 0 Å². The number of aromatic hydroxyl groups is 1. The molecule has 0 amide bonds. The standard InChI is InChI=1S/C20H26O3/c1-11(2)14-10-13-7-6-12(3)16-15(21)8-9-20(4,5)23-19(17(13)16)18(14)22/h6-7,10-11,15,21-22H,8-9H2,1-5H3/t15-/m0/s1. The van der Waals surface area contributed by atoms with Gasteiger partial charge in [-0.1, -0.05) is 26.0 Å². The van der Waals surface area contributed by atoms with Crippen LogP contribution >= 0.6 is 0 Å². The Morgan fingerprint density at radius 2 is 1.96 bits per heavy atom. The number of aliphatic hydroxyl groups is 1. The fourth-order valence-corrected chi connectivity index (χ4v) is 3.52. The van der Waals surface area contributed by atoms with Crippen LogP contribution < -0.4 is 4.74 Å². The summed E-state index contributed by atoms with van der Waals surface area (Å²) >= 11 is 0. The minimum Gasteiger partial charge on any atom is -0.504 e. The zero-order valence-corrected chi connectivity index (χ0v) is 14.6. The number of phenolic OH excluding ortho intramolecular Hbond substituents is 1. The third kappa shape index (κ3) is 2.67. The molecule has 2 aromatic rings. The van der Waals surface area contributed by atoms with Crippen LogP contribution in [0.2, 0.25) is 0 Å². The lowest BCUT2D eigenvalue weighted by atomic mass is 9.86. The van der Waals surface area contributed by atoms with E-state index in [1.807, 2.05) is 39.0 Å². The van der Waals surface area contributed by atoms with E-state index >= 15 is 0 Å². The summed E-state index contributed by atoms with van der Waals surface area (Å²) in [6, 6.07) is 6.11. The molecule has 0 saturated carbocycles. The average Bonchev–Trinajstić information content (AvgIpc) is 2.46. The van der Waals surface area contributed by atoms with E-state index in [0.717, 1.165) is 33.9 Å². The Hall–Kier alpha value is -1.74. The van der Waals surface area contributed by atoms with Gasteiger partial charge >= 0.3 is 0 Å². The maximum Gasteiger partial charge on any atom is 0.170 e. The predicted molar refractivity (Wildman–Crippen MR) is 93.3 cm³/mol. The van der Waals surface area contributed by atoms with Gasteiger partial charge in [-0.15, -0.1) is 0 Å². The highest BCUT2D eigenvalue weighted by Crippen LogP contribution is 2.48. The highest BCUT2D eigenvalue weighted by Gasteiger charge is 2.31. The van der Waals surface area contributed by atoms with E-state index in [4.69, 9.17) is 4.74 Å². The fourth-order valence-electron chi connectivity index (χ4n) is 3.52. The molecule has 1 heterocycles. The Morgan fingerprint density at radius 1 is 1.26 bits per heavy atom. The Bertz CT molecular complexity index is 759. The lowest BCUT2D eigenvalue weighted by molar-refractivity contribution is 0.0648. The van der Waals surface area contributed by atoms with E-state index in [1.54, 1.807) is 0 Å². The summed E-state index contributed by atoms with van der Waals surface area (Å²) in [6.07, 6.45) is 0.846. The van der Waals surface area contributed by atoms with Crippen molar-refractivity contribution in [2.24, 2.45) is 0 Å². The molecule has 124 valence electrons. The van der Waals surface area contributed by atoms with Crippen LogP contribution in [-0.2, 0) is 0 Å². The molecule has 0 aliphatic carbocycles. The van der Waals surface area contributed by atoms with Crippen LogP contribution in [0, 0.1) is 6.92 Å². The van der Waals surface area contributed by atoms with Crippen LogP contribution in [0.3, 0.4) is 0 Å². The SMILES string of the molecule is Cc1ccc2cc(C(C)C)c(O)c3c2c1[C@@H](O)CCC(C)(C)O3. The Labute approximate surface area is 137 Å². The number of phenols is 1. The second kappa shape index (κ2) is 5.41. The second-order valence-electron chi connectivity index (χ2n) is 7.61. The van der Waals surface area contributed by atoms with Gasteiger partial charge in [0.1, 0.15) is 5.60 Å². The van der Waals surface area contributed by atoms with Gasteiger partial charge in [0.05, 0.1) is 6.10 Å². The van der Waals surface area contributed by atoms with Crippen molar-refractivity contribution < 1.29 is 14.9 Å². The van der Waals surface area contributed by atoms with Crippen LogP contribution in [-0.4, -0.2) is 15.8 Å². The number of hydrogen-bond donors (Lipinski definition) is 2. The number of aliphatic hydroxyl groups excluding tert-OH is 1. The Morgan fingerprint density at radius 3 is 2.61 bits per heavy atom. The smallest absolute Gasteiger partial charge is 0.170 e. The Kier molecular flexibility index (Phi) is 3.80. The fraction of sp³-hybridized carbons (Fsp3) is 0.500. The summed E-state index contributed by atoms with van der Waals surface area (Å²) in [5, 5.41) is 23.4. The highest BCUT2D eigenvalue weighted by molar-refractivity contribution is 5.96. The molecule has 1 aliphatic rings. The van der Waals surface area contributed by atoms with E-state index < -0.39 is 11.7 Å². The van der Waals surface area contributed by atoms with Crippen LogP contribution in [0.5, 0.6) is 11.5 Å². The maximum atomic E-state index is 10.8. The van der Waals surface area contributed by atoms with Crippen LogP contribution in [0.15, 0.2) is 18.2 Å². The van der Waals surface area contributed by atoms with Gasteiger partial charge < -0.3 is 14.9 Å². The summed E-state index contributed by atoms with van der Waals surface area (Å²) in [4.78, 5) is 0. The molecule has 23 heavy (non-hydrogen) atoms. The molecule has 2 aromatic carbocycles. The van der Waals surface area contributed by atoms with Crippen LogP contribution in [0.1, 0.15) is 69.2 Å². The van der Waals surface area contributed by atoms with Gasteiger partial charge in [-0.2, -0.15) is 0 Å². The van der Waals surface area contributed by atoms with Crippen LogP contribution in [0.4, 0.5) is 0 Å². The minimum absolute atomic E-state index is 0.197. The first-order valence-corrected chi connectivity index (χ1v) is 8.37. The molecule has 0 unspecified atom stereocenters. The zero-order chi connectivity index (χ0) is 16.9. The number of benzene rings is 2. The van der Waals surface area contributed by atoms with Crippen molar-refractivity contribution >= 4 is 10.8 Å². The molecule has 3 rings (SSSR count). The van der Waals surface area contributed by atoms with Crippen molar-refractivity contribution in [3.05, 3.63) is 34.9 Å². The number of ether oxygens (including phenoxy) is 1. The summed E-state index contributed by atoms with van der Waals surface area (Å²) < 4.78 is 6.26. The predicted octanol–water partition coefficient (Wildman–Crippen LogP) is 4.96. The summed E-state index contributed by atoms with van der Waals surface area (Å²) in [5.74, 6) is 0.928. The third-order valence-electron chi connectivity index (χ3n) is 4.88. The van der Waals surface area contributed by atoms with Gasteiger partial charge in [0.25, 0.3) is 0 Å². The molecule has 0 aromatic heterocycles. The molecule has 1 aliphatic heterocycles. The van der Waals surface area contributed by atoms with Crippen molar-refractivity contribution in [3.8, 4) is 11.5 Å². The molecule has 2 N–H and O–H groups in total. The largest absolute Gasteiger partial charge is 0.504 e. The molecular weight excluding hydrogens is 288 g/mol. The van der Waals surface area contributed by atoms with Crippen molar-refractivity contribution in [3.63, 3.8) is 0 Å². The first kappa shape index (κ1) is 16.1. The van der Waals surface area contributed by atoms with Crippen molar-refractivity contribution in [1.29, 1.82) is 0 Å². The molecule has 1 atom stereocenters. The number of hydrogen-bond acceptors (Lipinski definition) is 3. The van der Waals surface area contributed by atoms with E-state index in [1.165, 1.54) is 0 Å². The van der Waals surface area contributed by atoms with Crippen molar-refractivity contribution in [2.45, 2.75) is 65.1 Å². The summed E-state index contributed by atoms with van der Waals surface area (Å²) in [5.41, 5.74) is 2.38. The van der Waals surface area contributed by atoms with E-state index in [0.29, 0.717) is 12.2 Å². The van der Waals surface area contributed by atoms with Gasteiger partial charge in [0.2, 0.25) is 0 Å². The zero-order valence-electron chi connectivity index (χ0n) is 14.6.